The van der Waals surface area contributed by atoms with E-state index in [1.54, 1.807) is 17.7 Å². The minimum atomic E-state index is 0.323. The fourth-order valence-electron chi connectivity index (χ4n) is 3.31. The van der Waals surface area contributed by atoms with Crippen molar-refractivity contribution in [2.75, 3.05) is 13.6 Å². The van der Waals surface area contributed by atoms with Gasteiger partial charge in [0.1, 0.15) is 6.33 Å². The second-order valence-corrected chi connectivity index (χ2v) is 7.66. The molecule has 2 aromatic heterocycles. The quantitative estimate of drug-likeness (QED) is 0.690. The third kappa shape index (κ3) is 2.78. The van der Waals surface area contributed by atoms with Crippen molar-refractivity contribution in [3.63, 3.8) is 0 Å². The third-order valence-electron chi connectivity index (χ3n) is 4.30. The molecule has 1 atom stereocenters. The first-order valence-electron chi connectivity index (χ1n) is 7.53. The first kappa shape index (κ1) is 14.8. The van der Waals surface area contributed by atoms with Crippen molar-refractivity contribution in [2.24, 2.45) is 0 Å². The Bertz CT molecular complexity index is 831. The van der Waals surface area contributed by atoms with E-state index in [4.69, 9.17) is 11.6 Å². The minimum absolute atomic E-state index is 0.323. The van der Waals surface area contributed by atoms with Gasteiger partial charge in [-0.1, -0.05) is 35.9 Å². The maximum absolute atomic E-state index is 6.29. The smallest absolute Gasteiger partial charge is 0.115 e. The van der Waals surface area contributed by atoms with Gasteiger partial charge in [0.05, 0.1) is 4.34 Å². The van der Waals surface area contributed by atoms with Crippen LogP contribution in [-0.2, 0) is 6.54 Å². The largest absolute Gasteiger partial charge is 0.300 e. The summed E-state index contributed by atoms with van der Waals surface area (Å²) >= 11 is 7.98. The molecule has 3 aromatic rings. The van der Waals surface area contributed by atoms with Crippen LogP contribution in [0.5, 0.6) is 0 Å². The number of aromatic nitrogens is 2. The van der Waals surface area contributed by atoms with Crippen LogP contribution in [0.2, 0.25) is 4.34 Å². The van der Waals surface area contributed by atoms with Gasteiger partial charge in [0.15, 0.2) is 0 Å². The Kier molecular flexibility index (Phi) is 3.89. The Morgan fingerprint density at radius 1 is 1.17 bits per heavy atom. The molecule has 0 amide bonds. The second-order valence-electron chi connectivity index (χ2n) is 5.89. The lowest BCUT2D eigenvalue weighted by Crippen LogP contribution is -2.30. The molecule has 4 rings (SSSR count). The third-order valence-corrected chi connectivity index (χ3v) is 5.57. The molecule has 0 saturated carbocycles. The predicted octanol–water partition coefficient (Wildman–Crippen LogP) is 4.44. The molecule has 0 spiro atoms. The van der Waals surface area contributed by atoms with Crippen molar-refractivity contribution < 1.29 is 0 Å². The monoisotopic (exact) mass is 341 g/mol. The lowest BCUT2D eigenvalue weighted by molar-refractivity contribution is 0.299. The highest BCUT2D eigenvalue weighted by Gasteiger charge is 2.28. The summed E-state index contributed by atoms with van der Waals surface area (Å²) in [5, 5.41) is 0. The van der Waals surface area contributed by atoms with Gasteiger partial charge in [0, 0.05) is 41.8 Å². The molecule has 3 nitrogen and oxygen atoms in total. The van der Waals surface area contributed by atoms with E-state index in [2.05, 4.69) is 52.2 Å². The van der Waals surface area contributed by atoms with E-state index in [-0.39, 0.29) is 0 Å². The molecule has 0 aliphatic carbocycles. The van der Waals surface area contributed by atoms with Crippen LogP contribution in [0, 0.1) is 0 Å². The summed E-state index contributed by atoms with van der Waals surface area (Å²) in [6.45, 7) is 1.96. The Morgan fingerprint density at radius 3 is 2.78 bits per heavy atom. The number of hydrogen-bond donors (Lipinski definition) is 0. The Morgan fingerprint density at radius 2 is 1.96 bits per heavy atom. The van der Waals surface area contributed by atoms with E-state index in [1.807, 2.05) is 12.4 Å². The summed E-state index contributed by atoms with van der Waals surface area (Å²) in [7, 11) is 2.16. The standard InChI is InChI=1S/C18H16ClN3S/c1-22-9-16(15-6-18(19)23-17(15)10-22)14-5-3-2-4-13(14)12-7-20-11-21-8-12/h2-8,11,16H,9-10H2,1H3. The zero-order chi connectivity index (χ0) is 15.8. The number of fused-ring (bicyclic) bond motifs is 1. The molecule has 116 valence electrons. The molecule has 1 aliphatic rings. The first-order chi connectivity index (χ1) is 11.2. The lowest BCUT2D eigenvalue weighted by Gasteiger charge is -2.31. The van der Waals surface area contributed by atoms with E-state index in [9.17, 15) is 0 Å². The molecule has 0 radical (unpaired) electrons. The van der Waals surface area contributed by atoms with Crippen molar-refractivity contribution in [2.45, 2.75) is 12.5 Å². The van der Waals surface area contributed by atoms with Gasteiger partial charge in [-0.2, -0.15) is 0 Å². The average Bonchev–Trinajstić information content (AvgIpc) is 2.95. The molecular weight excluding hydrogens is 326 g/mol. The Balaban J connectivity index is 1.86. The van der Waals surface area contributed by atoms with Gasteiger partial charge < -0.3 is 4.90 Å². The number of benzene rings is 1. The summed E-state index contributed by atoms with van der Waals surface area (Å²) in [6, 6.07) is 10.7. The van der Waals surface area contributed by atoms with Gasteiger partial charge in [0.25, 0.3) is 0 Å². The molecule has 0 saturated heterocycles. The van der Waals surface area contributed by atoms with Crippen molar-refractivity contribution >= 4 is 22.9 Å². The summed E-state index contributed by atoms with van der Waals surface area (Å²) in [4.78, 5) is 12.1. The van der Waals surface area contributed by atoms with Crippen LogP contribution in [-0.4, -0.2) is 28.5 Å². The number of hydrogen-bond acceptors (Lipinski definition) is 4. The highest BCUT2D eigenvalue weighted by molar-refractivity contribution is 7.16. The van der Waals surface area contributed by atoms with E-state index >= 15 is 0 Å². The number of rotatable bonds is 2. The molecule has 0 fully saturated rings. The van der Waals surface area contributed by atoms with Crippen molar-refractivity contribution in [1.29, 1.82) is 0 Å². The predicted molar refractivity (Wildman–Crippen MR) is 95.0 cm³/mol. The first-order valence-corrected chi connectivity index (χ1v) is 8.73. The highest BCUT2D eigenvalue weighted by Crippen LogP contribution is 2.42. The van der Waals surface area contributed by atoms with Crippen LogP contribution in [0.4, 0.5) is 0 Å². The molecule has 23 heavy (non-hydrogen) atoms. The number of nitrogens with zero attached hydrogens (tertiary/aromatic N) is 3. The van der Waals surface area contributed by atoms with E-state index in [0.29, 0.717) is 5.92 Å². The van der Waals surface area contributed by atoms with Crippen LogP contribution in [0.25, 0.3) is 11.1 Å². The number of thiophene rings is 1. The van der Waals surface area contributed by atoms with Crippen molar-refractivity contribution in [3.8, 4) is 11.1 Å². The summed E-state index contributed by atoms with van der Waals surface area (Å²) in [5.74, 6) is 0.323. The molecule has 0 N–H and O–H groups in total. The maximum atomic E-state index is 6.29. The minimum Gasteiger partial charge on any atom is -0.300 e. The summed E-state index contributed by atoms with van der Waals surface area (Å²) < 4.78 is 0.871. The van der Waals surface area contributed by atoms with E-state index in [0.717, 1.165) is 23.0 Å². The molecule has 5 heteroatoms. The van der Waals surface area contributed by atoms with Crippen LogP contribution >= 0.6 is 22.9 Å². The fraction of sp³-hybridized carbons (Fsp3) is 0.222. The van der Waals surface area contributed by atoms with Crippen molar-refractivity contribution in [1.82, 2.24) is 14.9 Å². The molecule has 1 unspecified atom stereocenters. The second kappa shape index (κ2) is 6.04. The summed E-state index contributed by atoms with van der Waals surface area (Å²) in [5.41, 5.74) is 4.92. The maximum Gasteiger partial charge on any atom is 0.115 e. The van der Waals surface area contributed by atoms with Gasteiger partial charge in [-0.15, -0.1) is 11.3 Å². The number of halogens is 1. The Hall–Kier alpha value is -1.75. The van der Waals surface area contributed by atoms with Crippen LogP contribution in [0.3, 0.4) is 0 Å². The van der Waals surface area contributed by atoms with Gasteiger partial charge in [0.2, 0.25) is 0 Å². The van der Waals surface area contributed by atoms with Gasteiger partial charge in [-0.05, 0) is 29.8 Å². The van der Waals surface area contributed by atoms with Gasteiger partial charge in [-0.3, -0.25) is 0 Å². The topological polar surface area (TPSA) is 29.0 Å². The average molecular weight is 342 g/mol. The van der Waals surface area contributed by atoms with Gasteiger partial charge >= 0.3 is 0 Å². The van der Waals surface area contributed by atoms with Crippen LogP contribution in [0.1, 0.15) is 21.9 Å². The zero-order valence-corrected chi connectivity index (χ0v) is 14.3. The molecular formula is C18H16ClN3S. The van der Waals surface area contributed by atoms with E-state index in [1.165, 1.54) is 21.6 Å². The highest BCUT2D eigenvalue weighted by atomic mass is 35.5. The molecule has 1 aliphatic heterocycles. The summed E-state index contributed by atoms with van der Waals surface area (Å²) in [6.07, 6.45) is 5.32. The van der Waals surface area contributed by atoms with Crippen LogP contribution < -0.4 is 0 Å². The molecule has 1 aromatic carbocycles. The van der Waals surface area contributed by atoms with Crippen molar-refractivity contribution in [3.05, 3.63) is 69.4 Å². The normalized spacial score (nSPS) is 17.9. The SMILES string of the molecule is CN1Cc2sc(Cl)cc2C(c2ccccc2-c2cncnc2)C1. The molecule has 0 bridgehead atoms. The Labute approximate surface area is 144 Å². The number of likely N-dealkylation sites (N-methyl/N-ethyl adjacent to an activating group) is 1. The van der Waals surface area contributed by atoms with Gasteiger partial charge in [-0.25, -0.2) is 9.97 Å². The zero-order valence-electron chi connectivity index (χ0n) is 12.7. The molecule has 3 heterocycles. The lowest BCUT2D eigenvalue weighted by atomic mass is 9.84. The van der Waals surface area contributed by atoms with E-state index < -0.39 is 0 Å². The van der Waals surface area contributed by atoms with Crippen LogP contribution in [0.15, 0.2) is 49.1 Å². The fourth-order valence-corrected chi connectivity index (χ4v) is 4.74.